The standard InChI is InChI=1S/C16H18N2O4S/c1-11-3-5-12(6-4-11)10-18-15-8-7-13(23(17,20)21)9-14(15)16(19)22-2/h3-9,18H,10H2,1-2H3,(H2,17,20,21). The summed E-state index contributed by atoms with van der Waals surface area (Å²) >= 11 is 0. The van der Waals surface area contributed by atoms with Crippen LogP contribution in [-0.4, -0.2) is 21.5 Å². The predicted octanol–water partition coefficient (Wildman–Crippen LogP) is 2.04. The Morgan fingerprint density at radius 2 is 1.83 bits per heavy atom. The van der Waals surface area contributed by atoms with Crippen LogP contribution in [0.25, 0.3) is 0 Å². The van der Waals surface area contributed by atoms with Crippen LogP contribution < -0.4 is 10.5 Å². The number of nitrogens with two attached hydrogens (primary N) is 1. The minimum Gasteiger partial charge on any atom is -0.465 e. The molecule has 0 heterocycles. The number of rotatable bonds is 5. The molecule has 7 heteroatoms. The van der Waals surface area contributed by atoms with Crippen molar-refractivity contribution in [3.05, 3.63) is 59.2 Å². The minimum absolute atomic E-state index is 0.117. The van der Waals surface area contributed by atoms with E-state index in [4.69, 9.17) is 9.88 Å². The van der Waals surface area contributed by atoms with Gasteiger partial charge in [-0.05, 0) is 30.7 Å². The van der Waals surface area contributed by atoms with E-state index in [2.05, 4.69) is 5.32 Å². The first-order valence-electron chi connectivity index (χ1n) is 6.86. The molecule has 2 aromatic carbocycles. The van der Waals surface area contributed by atoms with Crippen LogP contribution >= 0.6 is 0 Å². The first kappa shape index (κ1) is 17.0. The van der Waals surface area contributed by atoms with E-state index in [9.17, 15) is 13.2 Å². The van der Waals surface area contributed by atoms with Gasteiger partial charge < -0.3 is 10.1 Å². The molecule has 0 radical (unpaired) electrons. The molecular formula is C16H18N2O4S. The zero-order valence-electron chi connectivity index (χ0n) is 12.9. The molecule has 0 saturated heterocycles. The molecule has 0 unspecified atom stereocenters. The molecule has 0 saturated carbocycles. The lowest BCUT2D eigenvalue weighted by molar-refractivity contribution is 0.0601. The van der Waals surface area contributed by atoms with Crippen LogP contribution in [0.15, 0.2) is 47.4 Å². The highest BCUT2D eigenvalue weighted by molar-refractivity contribution is 7.89. The number of hydrogen-bond donors (Lipinski definition) is 2. The lowest BCUT2D eigenvalue weighted by atomic mass is 10.1. The highest BCUT2D eigenvalue weighted by atomic mass is 32.2. The molecule has 0 atom stereocenters. The van der Waals surface area contributed by atoms with Crippen LogP contribution in [0.4, 0.5) is 5.69 Å². The lowest BCUT2D eigenvalue weighted by Crippen LogP contribution is -2.15. The summed E-state index contributed by atoms with van der Waals surface area (Å²) < 4.78 is 27.5. The summed E-state index contributed by atoms with van der Waals surface area (Å²) in [4.78, 5) is 11.7. The van der Waals surface area contributed by atoms with Gasteiger partial charge in [0.1, 0.15) is 0 Å². The Morgan fingerprint density at radius 1 is 1.17 bits per heavy atom. The summed E-state index contributed by atoms with van der Waals surface area (Å²) in [5.41, 5.74) is 2.78. The monoisotopic (exact) mass is 334 g/mol. The number of anilines is 1. The maximum atomic E-state index is 11.9. The smallest absolute Gasteiger partial charge is 0.340 e. The van der Waals surface area contributed by atoms with Gasteiger partial charge in [-0.25, -0.2) is 18.4 Å². The fourth-order valence-corrected chi connectivity index (χ4v) is 2.58. The normalized spacial score (nSPS) is 11.1. The van der Waals surface area contributed by atoms with Crippen molar-refractivity contribution in [3.8, 4) is 0 Å². The molecule has 3 N–H and O–H groups in total. The highest BCUT2D eigenvalue weighted by Gasteiger charge is 2.17. The Morgan fingerprint density at radius 3 is 2.39 bits per heavy atom. The molecule has 6 nitrogen and oxygen atoms in total. The first-order valence-corrected chi connectivity index (χ1v) is 8.40. The lowest BCUT2D eigenvalue weighted by Gasteiger charge is -2.12. The van der Waals surface area contributed by atoms with Crippen molar-refractivity contribution >= 4 is 21.7 Å². The average Bonchev–Trinajstić information content (AvgIpc) is 2.52. The summed E-state index contributed by atoms with van der Waals surface area (Å²) in [6.07, 6.45) is 0. The second-order valence-electron chi connectivity index (χ2n) is 5.08. The molecule has 0 aliphatic rings. The van der Waals surface area contributed by atoms with E-state index in [1.165, 1.54) is 25.3 Å². The van der Waals surface area contributed by atoms with Gasteiger partial charge in [-0.15, -0.1) is 0 Å². The minimum atomic E-state index is -3.89. The molecular weight excluding hydrogens is 316 g/mol. The number of ether oxygens (including phenoxy) is 1. The number of carbonyl (C=O) groups excluding carboxylic acids is 1. The van der Waals surface area contributed by atoms with Crippen LogP contribution in [0.1, 0.15) is 21.5 Å². The van der Waals surface area contributed by atoms with Crippen LogP contribution in [0.2, 0.25) is 0 Å². The van der Waals surface area contributed by atoms with Gasteiger partial charge in [-0.3, -0.25) is 0 Å². The van der Waals surface area contributed by atoms with Gasteiger partial charge in [0.05, 0.1) is 17.6 Å². The van der Waals surface area contributed by atoms with Gasteiger partial charge in [0.25, 0.3) is 0 Å². The maximum absolute atomic E-state index is 11.9. The van der Waals surface area contributed by atoms with Crippen molar-refractivity contribution in [2.45, 2.75) is 18.4 Å². The molecule has 0 bridgehead atoms. The van der Waals surface area contributed by atoms with Crippen LogP contribution in [0, 0.1) is 6.92 Å². The van der Waals surface area contributed by atoms with Crippen LogP contribution in [0.3, 0.4) is 0 Å². The van der Waals surface area contributed by atoms with E-state index >= 15 is 0 Å². The fourth-order valence-electron chi connectivity index (χ4n) is 2.04. The van der Waals surface area contributed by atoms with E-state index in [-0.39, 0.29) is 10.5 Å². The third kappa shape index (κ3) is 4.30. The molecule has 0 aromatic heterocycles. The van der Waals surface area contributed by atoms with E-state index in [0.717, 1.165) is 11.1 Å². The number of sulfonamides is 1. The zero-order valence-corrected chi connectivity index (χ0v) is 13.7. The zero-order chi connectivity index (χ0) is 17.0. The SMILES string of the molecule is COC(=O)c1cc(S(N)(=O)=O)ccc1NCc1ccc(C)cc1. The quantitative estimate of drug-likeness (QED) is 0.815. The van der Waals surface area contributed by atoms with Crippen molar-refractivity contribution in [2.24, 2.45) is 5.14 Å². The molecule has 0 aliphatic carbocycles. The molecule has 0 spiro atoms. The van der Waals surface area contributed by atoms with Gasteiger partial charge in [0.15, 0.2) is 0 Å². The molecule has 23 heavy (non-hydrogen) atoms. The number of carbonyl (C=O) groups is 1. The van der Waals surface area contributed by atoms with Gasteiger partial charge in [0.2, 0.25) is 10.0 Å². The third-order valence-electron chi connectivity index (χ3n) is 3.33. The Balaban J connectivity index is 2.30. The summed E-state index contributed by atoms with van der Waals surface area (Å²) in [6, 6.07) is 12.0. The van der Waals surface area contributed by atoms with Gasteiger partial charge in [-0.1, -0.05) is 29.8 Å². The molecule has 2 aromatic rings. The van der Waals surface area contributed by atoms with E-state index in [0.29, 0.717) is 12.2 Å². The second kappa shape index (κ2) is 6.80. The van der Waals surface area contributed by atoms with Crippen molar-refractivity contribution in [1.82, 2.24) is 0 Å². The van der Waals surface area contributed by atoms with Crippen molar-refractivity contribution in [1.29, 1.82) is 0 Å². The van der Waals surface area contributed by atoms with Gasteiger partial charge >= 0.3 is 5.97 Å². The topological polar surface area (TPSA) is 98.5 Å². The molecule has 0 aliphatic heterocycles. The summed E-state index contributed by atoms with van der Waals surface area (Å²) in [7, 11) is -2.66. The number of esters is 1. The number of primary sulfonamides is 1. The van der Waals surface area contributed by atoms with Crippen LogP contribution in [0.5, 0.6) is 0 Å². The van der Waals surface area contributed by atoms with Gasteiger partial charge in [0, 0.05) is 12.2 Å². The maximum Gasteiger partial charge on any atom is 0.340 e. The summed E-state index contributed by atoms with van der Waals surface area (Å²) in [5.74, 6) is -0.637. The third-order valence-corrected chi connectivity index (χ3v) is 4.24. The molecule has 0 amide bonds. The predicted molar refractivity (Wildman–Crippen MR) is 87.7 cm³/mol. The second-order valence-corrected chi connectivity index (χ2v) is 6.64. The Labute approximate surface area is 135 Å². The van der Waals surface area contributed by atoms with E-state index in [1.54, 1.807) is 0 Å². The number of hydrogen-bond acceptors (Lipinski definition) is 5. The Hall–Kier alpha value is -2.38. The number of benzene rings is 2. The average molecular weight is 334 g/mol. The Bertz CT molecular complexity index is 814. The summed E-state index contributed by atoms with van der Waals surface area (Å²) in [5, 5.41) is 8.20. The highest BCUT2D eigenvalue weighted by Crippen LogP contribution is 2.21. The summed E-state index contributed by atoms with van der Waals surface area (Å²) in [6.45, 7) is 2.48. The van der Waals surface area contributed by atoms with Crippen molar-refractivity contribution in [2.75, 3.05) is 12.4 Å². The van der Waals surface area contributed by atoms with Crippen molar-refractivity contribution in [3.63, 3.8) is 0 Å². The van der Waals surface area contributed by atoms with Crippen molar-refractivity contribution < 1.29 is 17.9 Å². The van der Waals surface area contributed by atoms with E-state index < -0.39 is 16.0 Å². The van der Waals surface area contributed by atoms with Gasteiger partial charge in [-0.2, -0.15) is 0 Å². The molecule has 122 valence electrons. The molecule has 2 rings (SSSR count). The number of methoxy groups -OCH3 is 1. The first-order chi connectivity index (χ1) is 10.8. The number of nitrogens with one attached hydrogen (secondary N) is 1. The van der Waals surface area contributed by atoms with Crippen LogP contribution in [-0.2, 0) is 21.3 Å². The number of aryl methyl sites for hydroxylation is 1. The fraction of sp³-hybridized carbons (Fsp3) is 0.188. The van der Waals surface area contributed by atoms with E-state index in [1.807, 2.05) is 31.2 Å². The molecule has 0 fully saturated rings. The Kier molecular flexibility index (Phi) is 5.02. The largest absolute Gasteiger partial charge is 0.465 e.